The maximum Gasteiger partial charge on any atom is 0.220 e. The largest absolute Gasteiger partial charge is 0.733 e. The second kappa shape index (κ2) is 7.14. The predicted molar refractivity (Wildman–Crippen MR) is 105 cm³/mol. The van der Waals surface area contributed by atoms with Crippen LogP contribution in [0.15, 0.2) is 58.5 Å². The molecule has 1 aliphatic heterocycles. The van der Waals surface area contributed by atoms with E-state index in [0.29, 0.717) is 5.75 Å². The van der Waals surface area contributed by atoms with Gasteiger partial charge in [-0.3, -0.25) is 10.1 Å². The number of hydrogen-bond donors (Lipinski definition) is 3. The van der Waals surface area contributed by atoms with Crippen molar-refractivity contribution in [1.82, 2.24) is 0 Å². The number of nitrogens with two attached hydrogens (primary N) is 2. The molecule has 0 bridgehead atoms. The van der Waals surface area contributed by atoms with Crippen molar-refractivity contribution < 1.29 is 9.94 Å². The van der Waals surface area contributed by atoms with Crippen LogP contribution in [0.4, 0.5) is 11.4 Å². The van der Waals surface area contributed by atoms with Gasteiger partial charge in [-0.05, 0) is 43.7 Å². The van der Waals surface area contributed by atoms with Crippen molar-refractivity contribution >= 4 is 23.3 Å². The Morgan fingerprint density at radius 3 is 2.63 bits per heavy atom. The molecule has 0 aromatic heterocycles. The van der Waals surface area contributed by atoms with Crippen LogP contribution in [-0.2, 0) is 6.61 Å². The topological polar surface area (TPSA) is 136 Å². The van der Waals surface area contributed by atoms with Crippen LogP contribution < -0.4 is 26.3 Å². The maximum absolute atomic E-state index is 11.0. The van der Waals surface area contributed by atoms with Gasteiger partial charge in [-0.25, -0.2) is 4.99 Å². The fourth-order valence-corrected chi connectivity index (χ4v) is 2.90. The summed E-state index contributed by atoms with van der Waals surface area (Å²) in [5.74, 6) is 0.986. The minimum Gasteiger partial charge on any atom is -0.733 e. The molecular weight excluding hydrogens is 348 g/mol. The van der Waals surface area contributed by atoms with Crippen molar-refractivity contribution in [3.05, 3.63) is 59.3 Å². The molecule has 27 heavy (non-hydrogen) atoms. The van der Waals surface area contributed by atoms with E-state index < -0.39 is 5.66 Å². The van der Waals surface area contributed by atoms with Gasteiger partial charge in [0.2, 0.25) is 11.9 Å². The van der Waals surface area contributed by atoms with Crippen molar-refractivity contribution in [2.45, 2.75) is 26.1 Å². The van der Waals surface area contributed by atoms with Crippen molar-refractivity contribution in [2.75, 3.05) is 10.1 Å². The average molecular weight is 369 g/mol. The molecule has 0 saturated carbocycles. The molecule has 0 aliphatic carbocycles. The number of benzene rings is 2. The molecule has 2 aromatic rings. The summed E-state index contributed by atoms with van der Waals surface area (Å²) < 4.78 is 5.81. The van der Waals surface area contributed by atoms with Gasteiger partial charge in [-0.1, -0.05) is 18.2 Å². The third kappa shape index (κ3) is 4.10. The van der Waals surface area contributed by atoms with Crippen LogP contribution >= 0.6 is 0 Å². The number of hydrogen-bond acceptors (Lipinski definition) is 9. The number of guanidine groups is 2. The van der Waals surface area contributed by atoms with E-state index in [1.54, 1.807) is 29.2 Å². The summed E-state index contributed by atoms with van der Waals surface area (Å²) in [6.07, 6.45) is 0. The molecule has 142 valence electrons. The molecule has 0 saturated heterocycles. The van der Waals surface area contributed by atoms with E-state index in [0.717, 1.165) is 11.3 Å². The zero-order valence-electron chi connectivity index (χ0n) is 15.0. The van der Waals surface area contributed by atoms with Crippen LogP contribution in [0.5, 0.6) is 5.75 Å². The standard InChI is InChI=1S/C18H21N6O3/c1-18(2)22-16(19)21-17(20)23(18)13-6-4-8-15(10-13)27-11-12-5-3-7-14(9-12)24(25)26/h3-10,25H,11H2,1-2H3,(H4,19,20,21,22)/q-1. The van der Waals surface area contributed by atoms with Crippen LogP contribution in [0.1, 0.15) is 19.4 Å². The van der Waals surface area contributed by atoms with Crippen LogP contribution in [0.25, 0.3) is 0 Å². The number of rotatable bonds is 5. The summed E-state index contributed by atoms with van der Waals surface area (Å²) in [6, 6.07) is 13.8. The Bertz CT molecular complexity index is 894. The lowest BCUT2D eigenvalue weighted by atomic mass is 10.1. The number of anilines is 2. The molecule has 0 fully saturated rings. The third-order valence-electron chi connectivity index (χ3n) is 4.01. The lowest BCUT2D eigenvalue weighted by molar-refractivity contribution is 0.294. The van der Waals surface area contributed by atoms with E-state index in [1.807, 2.05) is 32.0 Å². The van der Waals surface area contributed by atoms with Gasteiger partial charge in [0.1, 0.15) is 18.0 Å². The Kier molecular flexibility index (Phi) is 4.89. The second-order valence-electron chi connectivity index (χ2n) is 6.50. The van der Waals surface area contributed by atoms with E-state index in [1.165, 1.54) is 6.07 Å². The first-order chi connectivity index (χ1) is 12.8. The van der Waals surface area contributed by atoms with E-state index in [2.05, 4.69) is 9.98 Å². The number of nitrogens with zero attached hydrogens (tertiary/aromatic N) is 4. The van der Waals surface area contributed by atoms with Crippen LogP contribution in [0.2, 0.25) is 0 Å². The minimum absolute atomic E-state index is 0.136. The Labute approximate surface area is 156 Å². The van der Waals surface area contributed by atoms with Gasteiger partial charge in [-0.2, -0.15) is 4.99 Å². The van der Waals surface area contributed by atoms with Crippen LogP contribution in [0.3, 0.4) is 0 Å². The zero-order chi connectivity index (χ0) is 19.6. The number of ether oxygens (including phenoxy) is 1. The molecule has 0 amide bonds. The SMILES string of the molecule is CC1(C)N=C(N)N=C(N)N1c1cccc(OCc2cccc(N([O-])O)c2)c1. The lowest BCUT2D eigenvalue weighted by Gasteiger charge is -2.38. The lowest BCUT2D eigenvalue weighted by Crippen LogP contribution is -2.54. The Morgan fingerprint density at radius 1 is 1.19 bits per heavy atom. The van der Waals surface area contributed by atoms with Gasteiger partial charge in [-0.15, -0.1) is 0 Å². The van der Waals surface area contributed by atoms with Gasteiger partial charge >= 0.3 is 0 Å². The minimum atomic E-state index is -0.693. The Morgan fingerprint density at radius 2 is 1.93 bits per heavy atom. The van der Waals surface area contributed by atoms with E-state index in [9.17, 15) is 5.21 Å². The Hall–Kier alpha value is -3.30. The van der Waals surface area contributed by atoms with Crippen LogP contribution in [0, 0.1) is 5.21 Å². The molecule has 0 spiro atoms. The Balaban J connectivity index is 1.78. The fourth-order valence-electron chi connectivity index (χ4n) is 2.90. The van der Waals surface area contributed by atoms with Gasteiger partial charge in [0, 0.05) is 11.8 Å². The predicted octanol–water partition coefficient (Wildman–Crippen LogP) is 2.14. The summed E-state index contributed by atoms with van der Waals surface area (Å²) in [4.78, 5) is 10.1. The quantitative estimate of drug-likeness (QED) is 0.687. The first-order valence-corrected chi connectivity index (χ1v) is 8.24. The normalized spacial score (nSPS) is 15.8. The van der Waals surface area contributed by atoms with Gasteiger partial charge in [0.25, 0.3) is 0 Å². The van der Waals surface area contributed by atoms with Gasteiger partial charge < -0.3 is 26.6 Å². The first kappa shape index (κ1) is 18.5. The molecule has 9 nitrogen and oxygen atoms in total. The van der Waals surface area contributed by atoms with Gasteiger partial charge in [0.15, 0.2) is 0 Å². The fraction of sp³-hybridized carbons (Fsp3) is 0.222. The van der Waals surface area contributed by atoms with Crippen LogP contribution in [-0.4, -0.2) is 22.8 Å². The molecule has 3 rings (SSSR count). The highest BCUT2D eigenvalue weighted by atomic mass is 16.8. The molecule has 0 atom stereocenters. The third-order valence-corrected chi connectivity index (χ3v) is 4.01. The summed E-state index contributed by atoms with van der Waals surface area (Å²) >= 11 is 0. The van der Waals surface area contributed by atoms with Crippen molar-refractivity contribution in [3.8, 4) is 5.75 Å². The van der Waals surface area contributed by atoms with E-state index >= 15 is 0 Å². The van der Waals surface area contributed by atoms with E-state index in [4.69, 9.17) is 21.4 Å². The molecule has 2 aromatic carbocycles. The van der Waals surface area contributed by atoms with Crippen molar-refractivity contribution in [2.24, 2.45) is 21.5 Å². The summed E-state index contributed by atoms with van der Waals surface area (Å²) in [5.41, 5.74) is 12.7. The molecular formula is C18H21N6O3-. The highest BCUT2D eigenvalue weighted by molar-refractivity contribution is 6.05. The molecule has 0 radical (unpaired) electrons. The zero-order valence-corrected chi connectivity index (χ0v) is 15.0. The smallest absolute Gasteiger partial charge is 0.220 e. The molecule has 5 N–H and O–H groups in total. The van der Waals surface area contributed by atoms with Crippen molar-refractivity contribution in [3.63, 3.8) is 0 Å². The molecule has 1 aliphatic rings. The summed E-state index contributed by atoms with van der Waals surface area (Å²) in [7, 11) is 0. The maximum atomic E-state index is 11.0. The average Bonchev–Trinajstić information content (AvgIpc) is 2.59. The highest BCUT2D eigenvalue weighted by Gasteiger charge is 2.33. The number of aliphatic imine (C=N–C) groups is 2. The highest BCUT2D eigenvalue weighted by Crippen LogP contribution is 2.30. The molecule has 9 heteroatoms. The van der Waals surface area contributed by atoms with Crippen molar-refractivity contribution in [1.29, 1.82) is 0 Å². The summed E-state index contributed by atoms with van der Waals surface area (Å²) in [6.45, 7) is 3.98. The molecule has 0 unspecified atom stereocenters. The second-order valence-corrected chi connectivity index (χ2v) is 6.50. The monoisotopic (exact) mass is 369 g/mol. The van der Waals surface area contributed by atoms with Gasteiger partial charge in [0.05, 0.1) is 5.69 Å². The first-order valence-electron chi connectivity index (χ1n) is 8.24. The van der Waals surface area contributed by atoms with E-state index in [-0.39, 0.29) is 29.4 Å². The summed E-state index contributed by atoms with van der Waals surface area (Å²) in [5, 5.41) is 19.8. The molecule has 1 heterocycles.